The summed E-state index contributed by atoms with van der Waals surface area (Å²) in [6, 6.07) is 6.51. The van der Waals surface area contributed by atoms with Crippen LogP contribution in [-0.2, 0) is 11.2 Å². The Labute approximate surface area is 144 Å². The first-order chi connectivity index (χ1) is 11.6. The second kappa shape index (κ2) is 7.65. The van der Waals surface area contributed by atoms with Crippen LogP contribution in [0, 0.1) is 0 Å². The van der Waals surface area contributed by atoms with E-state index in [1.807, 2.05) is 18.5 Å². The summed E-state index contributed by atoms with van der Waals surface area (Å²) in [7, 11) is 0. The third-order valence-electron chi connectivity index (χ3n) is 4.71. The van der Waals surface area contributed by atoms with Gasteiger partial charge in [-0.2, -0.15) is 0 Å². The summed E-state index contributed by atoms with van der Waals surface area (Å²) in [5.74, 6) is 0.0917. The molecule has 0 atom stereocenters. The number of nitrogens with zero attached hydrogens (tertiary/aromatic N) is 2. The van der Waals surface area contributed by atoms with Crippen LogP contribution in [0.3, 0.4) is 0 Å². The van der Waals surface area contributed by atoms with E-state index in [1.54, 1.807) is 0 Å². The molecule has 4 nitrogen and oxygen atoms in total. The zero-order chi connectivity index (χ0) is 16.9. The molecule has 0 spiro atoms. The minimum Gasteiger partial charge on any atom is -0.355 e. The van der Waals surface area contributed by atoms with Gasteiger partial charge in [0, 0.05) is 12.6 Å². The van der Waals surface area contributed by atoms with Gasteiger partial charge >= 0.3 is 0 Å². The number of carbonyl (C=O) groups excluding carboxylic acids is 1. The molecule has 0 bridgehead atoms. The van der Waals surface area contributed by atoms with E-state index in [1.165, 1.54) is 31.3 Å². The third kappa shape index (κ3) is 4.05. The van der Waals surface area contributed by atoms with Gasteiger partial charge in [-0.05, 0) is 63.6 Å². The van der Waals surface area contributed by atoms with Gasteiger partial charge in [-0.3, -0.25) is 4.79 Å². The van der Waals surface area contributed by atoms with Crippen LogP contribution in [0.4, 0.5) is 0 Å². The molecule has 0 saturated carbocycles. The number of allylic oxidation sites excluding steroid dienone is 1. The summed E-state index contributed by atoms with van der Waals surface area (Å²) >= 11 is 0. The molecule has 1 N–H and O–H groups in total. The molecule has 1 aromatic heterocycles. The van der Waals surface area contributed by atoms with E-state index >= 15 is 0 Å². The van der Waals surface area contributed by atoms with Crippen LogP contribution in [0.15, 0.2) is 36.2 Å². The summed E-state index contributed by atoms with van der Waals surface area (Å²) in [6.45, 7) is 5.03. The maximum atomic E-state index is 12.1. The number of imidazole rings is 1. The molecular formula is C20H27N3O. The zero-order valence-electron chi connectivity index (χ0n) is 14.7. The van der Waals surface area contributed by atoms with E-state index < -0.39 is 0 Å². The van der Waals surface area contributed by atoms with Gasteiger partial charge in [0.25, 0.3) is 0 Å². The van der Waals surface area contributed by atoms with E-state index in [0.717, 1.165) is 29.6 Å². The highest BCUT2D eigenvalue weighted by atomic mass is 16.1. The summed E-state index contributed by atoms with van der Waals surface area (Å²) in [6.07, 6.45) is 10.6. The highest BCUT2D eigenvalue weighted by Gasteiger charge is 2.09. The Kier molecular flexibility index (Phi) is 5.34. The minimum atomic E-state index is 0.0917. The third-order valence-corrected chi connectivity index (χ3v) is 4.71. The van der Waals surface area contributed by atoms with Crippen molar-refractivity contribution in [3.63, 3.8) is 0 Å². The highest BCUT2D eigenvalue weighted by molar-refractivity contribution is 5.81. The van der Waals surface area contributed by atoms with Crippen molar-refractivity contribution in [1.29, 1.82) is 0 Å². The van der Waals surface area contributed by atoms with Gasteiger partial charge in [0.05, 0.1) is 23.8 Å². The molecule has 0 unspecified atom stereocenters. The zero-order valence-corrected chi connectivity index (χ0v) is 14.7. The predicted octanol–water partition coefficient (Wildman–Crippen LogP) is 4.17. The Balaban J connectivity index is 1.54. The lowest BCUT2D eigenvalue weighted by Gasteiger charge is -2.13. The Hall–Kier alpha value is -2.10. The van der Waals surface area contributed by atoms with Crippen molar-refractivity contribution in [2.45, 2.75) is 58.4 Å². The molecule has 24 heavy (non-hydrogen) atoms. The number of hydrogen-bond acceptors (Lipinski definition) is 2. The first kappa shape index (κ1) is 16.7. The van der Waals surface area contributed by atoms with E-state index in [2.05, 4.69) is 40.9 Å². The molecule has 128 valence electrons. The van der Waals surface area contributed by atoms with E-state index in [4.69, 9.17) is 0 Å². The SMILES string of the molecule is CC(C)n1cnc2cc(CC(=O)NCCC3=CCCCC3)ccc21. The monoisotopic (exact) mass is 325 g/mol. The molecule has 1 amide bonds. The van der Waals surface area contributed by atoms with Gasteiger partial charge in [0.15, 0.2) is 0 Å². The molecule has 1 aliphatic carbocycles. The minimum absolute atomic E-state index is 0.0917. The standard InChI is InChI=1S/C20H27N3O/c1-15(2)23-14-22-18-12-17(8-9-19(18)23)13-20(24)21-11-10-16-6-4-3-5-7-16/h6,8-9,12,14-15H,3-5,7,10-11,13H2,1-2H3,(H,21,24). The molecular weight excluding hydrogens is 298 g/mol. The lowest BCUT2D eigenvalue weighted by atomic mass is 9.97. The molecule has 1 aromatic carbocycles. The molecule has 0 saturated heterocycles. The van der Waals surface area contributed by atoms with Gasteiger partial charge in [-0.25, -0.2) is 4.98 Å². The van der Waals surface area contributed by atoms with Crippen molar-refractivity contribution in [2.75, 3.05) is 6.54 Å². The molecule has 3 rings (SSSR count). The maximum absolute atomic E-state index is 12.1. The number of rotatable bonds is 6. The molecule has 1 aliphatic rings. The van der Waals surface area contributed by atoms with Gasteiger partial charge < -0.3 is 9.88 Å². The molecule has 0 aliphatic heterocycles. The van der Waals surface area contributed by atoms with Crippen LogP contribution in [0.25, 0.3) is 11.0 Å². The lowest BCUT2D eigenvalue weighted by molar-refractivity contribution is -0.120. The topological polar surface area (TPSA) is 46.9 Å². The quantitative estimate of drug-likeness (QED) is 0.810. The second-order valence-corrected chi connectivity index (χ2v) is 6.95. The van der Waals surface area contributed by atoms with Crippen LogP contribution < -0.4 is 5.32 Å². The fourth-order valence-corrected chi connectivity index (χ4v) is 3.34. The fraction of sp³-hybridized carbons (Fsp3) is 0.500. The molecule has 0 fully saturated rings. The average Bonchev–Trinajstić information content (AvgIpc) is 2.99. The van der Waals surface area contributed by atoms with Crippen LogP contribution in [-0.4, -0.2) is 22.0 Å². The normalized spacial score (nSPS) is 14.9. The lowest BCUT2D eigenvalue weighted by Crippen LogP contribution is -2.26. The summed E-state index contributed by atoms with van der Waals surface area (Å²) in [4.78, 5) is 16.6. The molecule has 2 aromatic rings. The first-order valence-corrected chi connectivity index (χ1v) is 9.03. The second-order valence-electron chi connectivity index (χ2n) is 6.95. The van der Waals surface area contributed by atoms with Crippen LogP contribution in [0.5, 0.6) is 0 Å². The van der Waals surface area contributed by atoms with Crippen LogP contribution in [0.2, 0.25) is 0 Å². The number of aromatic nitrogens is 2. The summed E-state index contributed by atoms with van der Waals surface area (Å²) in [5.41, 5.74) is 4.60. The molecule has 4 heteroatoms. The summed E-state index contributed by atoms with van der Waals surface area (Å²) < 4.78 is 2.15. The van der Waals surface area contributed by atoms with Crippen molar-refractivity contribution in [3.05, 3.63) is 41.7 Å². The predicted molar refractivity (Wildman–Crippen MR) is 98.0 cm³/mol. The fourth-order valence-electron chi connectivity index (χ4n) is 3.34. The molecule has 1 heterocycles. The highest BCUT2D eigenvalue weighted by Crippen LogP contribution is 2.20. The first-order valence-electron chi connectivity index (χ1n) is 9.03. The maximum Gasteiger partial charge on any atom is 0.224 e. The Morgan fingerprint density at radius 3 is 2.96 bits per heavy atom. The van der Waals surface area contributed by atoms with Gasteiger partial charge in [-0.15, -0.1) is 0 Å². The average molecular weight is 325 g/mol. The van der Waals surface area contributed by atoms with Gasteiger partial charge in [0.1, 0.15) is 0 Å². The van der Waals surface area contributed by atoms with Crippen molar-refractivity contribution >= 4 is 16.9 Å². The van der Waals surface area contributed by atoms with Crippen molar-refractivity contribution in [1.82, 2.24) is 14.9 Å². The number of fused-ring (bicyclic) bond motifs is 1. The van der Waals surface area contributed by atoms with E-state index in [0.29, 0.717) is 12.5 Å². The van der Waals surface area contributed by atoms with Gasteiger partial charge in [-0.1, -0.05) is 17.7 Å². The van der Waals surface area contributed by atoms with Crippen LogP contribution in [0.1, 0.15) is 57.6 Å². The Morgan fingerprint density at radius 2 is 2.21 bits per heavy atom. The number of amides is 1. The number of carbonyl (C=O) groups is 1. The van der Waals surface area contributed by atoms with Crippen LogP contribution >= 0.6 is 0 Å². The Morgan fingerprint density at radius 1 is 1.33 bits per heavy atom. The van der Waals surface area contributed by atoms with E-state index in [9.17, 15) is 4.79 Å². The largest absolute Gasteiger partial charge is 0.355 e. The number of nitrogens with one attached hydrogen (secondary N) is 1. The smallest absolute Gasteiger partial charge is 0.224 e. The van der Waals surface area contributed by atoms with Crippen molar-refractivity contribution < 1.29 is 4.79 Å². The van der Waals surface area contributed by atoms with Crippen molar-refractivity contribution in [2.24, 2.45) is 0 Å². The number of benzene rings is 1. The Bertz CT molecular complexity index is 742. The molecule has 0 radical (unpaired) electrons. The van der Waals surface area contributed by atoms with Crippen molar-refractivity contribution in [3.8, 4) is 0 Å². The summed E-state index contributed by atoms with van der Waals surface area (Å²) in [5, 5.41) is 3.04. The van der Waals surface area contributed by atoms with Gasteiger partial charge in [0.2, 0.25) is 5.91 Å². The van der Waals surface area contributed by atoms with E-state index in [-0.39, 0.29) is 5.91 Å². The number of hydrogen-bond donors (Lipinski definition) is 1.